The number of carboxylic acid groups (broad SMARTS) is 1. The number of ether oxygens (including phenoxy) is 1. The summed E-state index contributed by atoms with van der Waals surface area (Å²) in [5.41, 5.74) is 8.60. The lowest BCUT2D eigenvalue weighted by Gasteiger charge is -2.17. The van der Waals surface area contributed by atoms with Crippen LogP contribution in [0.25, 0.3) is 0 Å². The summed E-state index contributed by atoms with van der Waals surface area (Å²) in [6.45, 7) is 1.30. The summed E-state index contributed by atoms with van der Waals surface area (Å²) >= 11 is 0. The number of hydrogen-bond acceptors (Lipinski definition) is 7. The van der Waals surface area contributed by atoms with Crippen molar-refractivity contribution in [3.63, 3.8) is 0 Å². The molecule has 1 aromatic carbocycles. The zero-order chi connectivity index (χ0) is 25.5. The molecule has 0 saturated heterocycles. The van der Waals surface area contributed by atoms with Crippen LogP contribution >= 0.6 is 0 Å². The maximum absolute atomic E-state index is 12.2. The third kappa shape index (κ3) is 6.38. The fourth-order valence-electron chi connectivity index (χ4n) is 3.97. The van der Waals surface area contributed by atoms with Crippen LogP contribution in [0.1, 0.15) is 39.3 Å². The van der Waals surface area contributed by atoms with E-state index in [4.69, 9.17) is 10.5 Å². The number of anilines is 1. The van der Waals surface area contributed by atoms with Crippen LogP contribution in [-0.4, -0.2) is 50.4 Å². The topological polar surface area (TPSA) is 161 Å². The molecule has 0 bridgehead atoms. The molecule has 2 aromatic heterocycles. The van der Waals surface area contributed by atoms with E-state index in [1.54, 1.807) is 24.3 Å². The van der Waals surface area contributed by atoms with Gasteiger partial charge in [0.1, 0.15) is 18.5 Å². The zero-order valence-electron chi connectivity index (χ0n) is 19.6. The van der Waals surface area contributed by atoms with Crippen LogP contribution < -0.4 is 16.4 Å². The summed E-state index contributed by atoms with van der Waals surface area (Å²) in [4.78, 5) is 40.6. The Bertz CT molecular complexity index is 1240. The number of rotatable bonds is 10. The molecule has 36 heavy (non-hydrogen) atoms. The van der Waals surface area contributed by atoms with E-state index in [1.165, 1.54) is 16.4 Å². The summed E-state index contributed by atoms with van der Waals surface area (Å²) < 4.78 is 6.65. The molecule has 0 saturated carbocycles. The van der Waals surface area contributed by atoms with Gasteiger partial charge < -0.3 is 26.2 Å². The van der Waals surface area contributed by atoms with Crippen LogP contribution in [0.15, 0.2) is 48.7 Å². The van der Waals surface area contributed by atoms with Gasteiger partial charge in [-0.15, -0.1) is 0 Å². The number of carbonyl (C=O) groups is 3. The molecule has 4 rings (SSSR count). The van der Waals surface area contributed by atoms with Crippen molar-refractivity contribution in [2.75, 3.05) is 11.9 Å². The lowest BCUT2D eigenvalue weighted by atomic mass is 10.1. The molecule has 11 nitrogen and oxygen atoms in total. The van der Waals surface area contributed by atoms with Gasteiger partial charge in [-0.05, 0) is 30.0 Å². The highest BCUT2D eigenvalue weighted by atomic mass is 16.5. The number of pyridine rings is 1. The normalized spacial score (nSPS) is 13.2. The monoisotopic (exact) mass is 492 g/mol. The van der Waals surface area contributed by atoms with E-state index in [-0.39, 0.29) is 24.3 Å². The molecule has 2 amide bonds. The number of aryl methyl sites for hydroxylation is 3. The lowest BCUT2D eigenvalue weighted by Crippen LogP contribution is -2.43. The fourth-order valence-corrected chi connectivity index (χ4v) is 3.97. The van der Waals surface area contributed by atoms with E-state index in [9.17, 15) is 19.5 Å². The van der Waals surface area contributed by atoms with Gasteiger partial charge in [0.05, 0.1) is 11.3 Å². The lowest BCUT2D eigenvalue weighted by molar-refractivity contribution is -0.139. The predicted molar refractivity (Wildman–Crippen MR) is 130 cm³/mol. The van der Waals surface area contributed by atoms with Crippen molar-refractivity contribution in [1.29, 1.82) is 0 Å². The van der Waals surface area contributed by atoms with Gasteiger partial charge in [0, 0.05) is 37.8 Å². The minimum absolute atomic E-state index is 0.00752. The number of aromatic nitrogens is 3. The van der Waals surface area contributed by atoms with Crippen molar-refractivity contribution in [2.45, 2.75) is 44.9 Å². The number of primary amides is 1. The Kier molecular flexibility index (Phi) is 7.79. The molecular formula is C25H28N6O5. The molecule has 1 atom stereocenters. The summed E-state index contributed by atoms with van der Waals surface area (Å²) in [6.07, 6.45) is 3.00. The highest BCUT2D eigenvalue weighted by Crippen LogP contribution is 2.20. The second kappa shape index (κ2) is 11.3. The molecule has 1 aliphatic rings. The first-order valence-corrected chi connectivity index (χ1v) is 11.7. The van der Waals surface area contributed by atoms with Crippen molar-refractivity contribution in [1.82, 2.24) is 20.1 Å². The van der Waals surface area contributed by atoms with E-state index in [0.717, 1.165) is 36.5 Å². The number of carbonyl (C=O) groups excluding carboxylic acids is 2. The van der Waals surface area contributed by atoms with Gasteiger partial charge in [-0.1, -0.05) is 36.4 Å². The number of nitrogens with two attached hydrogens (primary N) is 1. The van der Waals surface area contributed by atoms with Gasteiger partial charge in [0.15, 0.2) is 0 Å². The maximum atomic E-state index is 12.2. The minimum Gasteiger partial charge on any atom is -0.480 e. The van der Waals surface area contributed by atoms with Crippen molar-refractivity contribution >= 4 is 23.8 Å². The Hall–Kier alpha value is -4.41. The molecule has 0 aliphatic carbocycles. The van der Waals surface area contributed by atoms with Crippen LogP contribution in [0.2, 0.25) is 0 Å². The molecule has 188 valence electrons. The number of carboxylic acids is 1. The second-order valence-corrected chi connectivity index (χ2v) is 8.51. The van der Waals surface area contributed by atoms with Gasteiger partial charge >= 0.3 is 12.1 Å². The summed E-state index contributed by atoms with van der Waals surface area (Å²) in [6, 6.07) is 11.7. The Morgan fingerprint density at radius 1 is 1.19 bits per heavy atom. The van der Waals surface area contributed by atoms with Gasteiger partial charge in [0.25, 0.3) is 5.91 Å². The molecule has 11 heteroatoms. The molecule has 3 heterocycles. The number of benzene rings is 1. The minimum atomic E-state index is -1.36. The average Bonchev–Trinajstić information content (AvgIpc) is 3.29. The Morgan fingerprint density at radius 3 is 2.75 bits per heavy atom. The van der Waals surface area contributed by atoms with Crippen LogP contribution in [0.5, 0.6) is 0 Å². The Labute approximate surface area is 207 Å². The summed E-state index contributed by atoms with van der Waals surface area (Å²) in [7, 11) is 0. The number of nitrogens with one attached hydrogen (secondary N) is 2. The molecule has 5 N–H and O–H groups in total. The van der Waals surface area contributed by atoms with Crippen LogP contribution in [0, 0.1) is 0 Å². The van der Waals surface area contributed by atoms with Gasteiger partial charge in [-0.3, -0.25) is 9.48 Å². The molecule has 0 unspecified atom stereocenters. The molecule has 0 fully saturated rings. The van der Waals surface area contributed by atoms with E-state index in [1.807, 2.05) is 12.1 Å². The Morgan fingerprint density at radius 2 is 2.00 bits per heavy atom. The van der Waals surface area contributed by atoms with Gasteiger partial charge in [0.2, 0.25) is 0 Å². The van der Waals surface area contributed by atoms with Crippen molar-refractivity contribution in [3.8, 4) is 0 Å². The highest BCUT2D eigenvalue weighted by Gasteiger charge is 2.26. The fraction of sp³-hybridized carbons (Fsp3) is 0.320. The quantitative estimate of drug-likeness (QED) is 0.334. The van der Waals surface area contributed by atoms with Crippen LogP contribution in [-0.2, 0) is 41.9 Å². The zero-order valence-corrected chi connectivity index (χ0v) is 19.6. The molecule has 0 spiro atoms. The molecule has 0 radical (unpaired) electrons. The summed E-state index contributed by atoms with van der Waals surface area (Å²) in [5, 5.41) is 19.6. The van der Waals surface area contributed by atoms with E-state index in [0.29, 0.717) is 13.0 Å². The number of amides is 2. The largest absolute Gasteiger partial charge is 0.480 e. The maximum Gasteiger partial charge on any atom is 0.408 e. The first kappa shape index (κ1) is 24.7. The van der Waals surface area contributed by atoms with Crippen molar-refractivity contribution in [3.05, 3.63) is 76.7 Å². The number of aliphatic carboxylic acids is 1. The third-order valence-corrected chi connectivity index (χ3v) is 5.85. The number of nitrogens with zero attached hydrogens (tertiary/aromatic N) is 3. The van der Waals surface area contributed by atoms with Crippen LogP contribution in [0.4, 0.5) is 10.6 Å². The van der Waals surface area contributed by atoms with E-state index in [2.05, 4.69) is 26.8 Å². The van der Waals surface area contributed by atoms with Gasteiger partial charge in [-0.25, -0.2) is 14.6 Å². The first-order valence-electron chi connectivity index (χ1n) is 11.7. The molecule has 1 aliphatic heterocycles. The van der Waals surface area contributed by atoms with E-state index >= 15 is 0 Å². The van der Waals surface area contributed by atoms with Crippen molar-refractivity contribution < 1.29 is 24.2 Å². The Balaban J connectivity index is 1.40. The number of alkyl carbamates (subject to hydrolysis) is 1. The predicted octanol–water partition coefficient (Wildman–Crippen LogP) is 1.90. The number of fused-ring (bicyclic) bond motifs is 1. The SMILES string of the molecule is NC(=O)c1cn(CCc2ccc3c(n2)NCCC3)nc1C[C@H](NC(=O)OCc1ccccc1)C(=O)O. The number of hydrogen-bond donors (Lipinski definition) is 4. The molecular weight excluding hydrogens is 464 g/mol. The second-order valence-electron chi connectivity index (χ2n) is 8.51. The summed E-state index contributed by atoms with van der Waals surface area (Å²) in [5.74, 6) is -1.13. The van der Waals surface area contributed by atoms with E-state index < -0.39 is 24.0 Å². The van der Waals surface area contributed by atoms with Crippen molar-refractivity contribution in [2.24, 2.45) is 5.73 Å². The standard InChI is InChI=1S/C25H28N6O5/c26-22(32)19-14-31(12-10-18-9-8-17-7-4-11-27-23(17)28-18)30-20(19)13-21(24(33)34)29-25(35)36-15-16-5-2-1-3-6-16/h1-3,5-6,8-9,14,21H,4,7,10-13,15H2,(H2,26,32)(H,27,28)(H,29,35)(H,33,34)/t21-/m0/s1. The van der Waals surface area contributed by atoms with Gasteiger partial charge in [-0.2, -0.15) is 5.10 Å². The smallest absolute Gasteiger partial charge is 0.408 e. The molecule has 3 aromatic rings. The first-order chi connectivity index (χ1) is 17.4. The third-order valence-electron chi connectivity index (χ3n) is 5.85. The van der Waals surface area contributed by atoms with Crippen LogP contribution in [0.3, 0.4) is 0 Å². The highest BCUT2D eigenvalue weighted by molar-refractivity contribution is 5.94. The average molecular weight is 493 g/mol.